The maximum atomic E-state index is 11.0. The van der Waals surface area contributed by atoms with Crippen LogP contribution in [0.15, 0.2) is 16.6 Å². The molecule has 0 aliphatic carbocycles. The molecule has 1 aromatic carbocycles. The van der Waals surface area contributed by atoms with Crippen molar-refractivity contribution < 1.29 is 14.3 Å². The molecule has 0 saturated carbocycles. The van der Waals surface area contributed by atoms with Crippen LogP contribution in [0.4, 0.5) is 0 Å². The molecule has 1 rings (SSSR count). The highest BCUT2D eigenvalue weighted by molar-refractivity contribution is 9.10. The van der Waals surface area contributed by atoms with E-state index in [9.17, 15) is 4.79 Å². The molecule has 0 bridgehead atoms. The number of methoxy groups -OCH3 is 1. The Bertz CT molecular complexity index is 404. The molecule has 0 unspecified atom stereocenters. The molecule has 88 valence electrons. The monoisotopic (exact) mass is 306 g/mol. The molecule has 0 amide bonds. The number of carbonyl (C=O) groups is 1. The number of halogens is 2. The third kappa shape index (κ3) is 3.12. The van der Waals surface area contributed by atoms with E-state index in [2.05, 4.69) is 15.9 Å². The molecular weight excluding hydrogens is 295 g/mol. The highest BCUT2D eigenvalue weighted by atomic mass is 79.9. The summed E-state index contributed by atoms with van der Waals surface area (Å²) in [6.45, 7) is 3.82. The van der Waals surface area contributed by atoms with Crippen LogP contribution in [0, 0.1) is 0 Å². The van der Waals surface area contributed by atoms with Gasteiger partial charge in [0, 0.05) is 5.56 Å². The fourth-order valence-corrected chi connectivity index (χ4v) is 1.83. The van der Waals surface area contributed by atoms with Gasteiger partial charge in [-0.25, -0.2) is 0 Å². The van der Waals surface area contributed by atoms with Crippen LogP contribution < -0.4 is 9.47 Å². The molecule has 0 spiro atoms. The standard InChI is InChI=1S/C11H12BrClO3/c1-6(2)16-10-8(12)4-7(11(13)14)5-9(10)15-3/h4-6H,1-3H3. The van der Waals surface area contributed by atoms with E-state index in [1.807, 2.05) is 13.8 Å². The first-order valence-corrected chi connectivity index (χ1v) is 5.86. The van der Waals surface area contributed by atoms with Crippen molar-refractivity contribution in [1.82, 2.24) is 0 Å². The Morgan fingerprint density at radius 1 is 1.44 bits per heavy atom. The lowest BCUT2D eigenvalue weighted by Crippen LogP contribution is -2.08. The van der Waals surface area contributed by atoms with E-state index in [0.717, 1.165) is 0 Å². The summed E-state index contributed by atoms with van der Waals surface area (Å²) in [6, 6.07) is 3.16. The molecule has 0 N–H and O–H groups in total. The van der Waals surface area contributed by atoms with Gasteiger partial charge in [0.1, 0.15) is 0 Å². The van der Waals surface area contributed by atoms with Crippen molar-refractivity contribution in [3.05, 3.63) is 22.2 Å². The van der Waals surface area contributed by atoms with Crippen molar-refractivity contribution in [2.24, 2.45) is 0 Å². The summed E-state index contributed by atoms with van der Waals surface area (Å²) in [5, 5.41) is -0.532. The number of ether oxygens (including phenoxy) is 2. The largest absolute Gasteiger partial charge is 0.493 e. The maximum absolute atomic E-state index is 11.0. The van der Waals surface area contributed by atoms with Gasteiger partial charge >= 0.3 is 0 Å². The second-order valence-electron chi connectivity index (χ2n) is 3.43. The van der Waals surface area contributed by atoms with Crippen LogP contribution in [0.2, 0.25) is 0 Å². The zero-order valence-electron chi connectivity index (χ0n) is 9.21. The summed E-state index contributed by atoms with van der Waals surface area (Å²) in [5.41, 5.74) is 0.362. The summed E-state index contributed by atoms with van der Waals surface area (Å²) in [5.74, 6) is 1.05. The molecule has 0 aliphatic heterocycles. The zero-order chi connectivity index (χ0) is 12.3. The van der Waals surface area contributed by atoms with Gasteiger partial charge in [-0.3, -0.25) is 4.79 Å². The lowest BCUT2D eigenvalue weighted by Gasteiger charge is -2.15. The fourth-order valence-electron chi connectivity index (χ4n) is 1.18. The Hall–Kier alpha value is -0.740. The van der Waals surface area contributed by atoms with Crippen LogP contribution in [0.1, 0.15) is 24.2 Å². The summed E-state index contributed by atoms with van der Waals surface area (Å²) < 4.78 is 11.4. The number of hydrogen-bond acceptors (Lipinski definition) is 3. The van der Waals surface area contributed by atoms with E-state index in [1.165, 1.54) is 7.11 Å². The Morgan fingerprint density at radius 2 is 2.06 bits per heavy atom. The van der Waals surface area contributed by atoms with Crippen LogP contribution in [-0.4, -0.2) is 18.5 Å². The van der Waals surface area contributed by atoms with Crippen molar-refractivity contribution in [2.75, 3.05) is 7.11 Å². The fraction of sp³-hybridized carbons (Fsp3) is 0.364. The van der Waals surface area contributed by atoms with Crippen molar-refractivity contribution in [3.8, 4) is 11.5 Å². The maximum Gasteiger partial charge on any atom is 0.252 e. The lowest BCUT2D eigenvalue weighted by molar-refractivity contribution is 0.108. The molecule has 16 heavy (non-hydrogen) atoms. The van der Waals surface area contributed by atoms with Crippen LogP contribution in [0.3, 0.4) is 0 Å². The molecular formula is C11H12BrClO3. The van der Waals surface area contributed by atoms with Gasteiger partial charge in [-0.2, -0.15) is 0 Å². The van der Waals surface area contributed by atoms with Gasteiger partial charge in [0.25, 0.3) is 5.24 Å². The van der Waals surface area contributed by atoms with E-state index < -0.39 is 5.24 Å². The van der Waals surface area contributed by atoms with E-state index >= 15 is 0 Å². The normalized spacial score (nSPS) is 10.4. The van der Waals surface area contributed by atoms with E-state index in [-0.39, 0.29) is 6.10 Å². The number of carbonyl (C=O) groups excluding carboxylic acids is 1. The number of hydrogen-bond donors (Lipinski definition) is 0. The van der Waals surface area contributed by atoms with Gasteiger partial charge in [-0.1, -0.05) is 0 Å². The molecule has 0 radical (unpaired) electrons. The SMILES string of the molecule is COc1cc(C(=O)Cl)cc(Br)c1OC(C)C. The first-order chi connectivity index (χ1) is 7.45. The third-order valence-electron chi connectivity index (χ3n) is 1.81. The van der Waals surface area contributed by atoms with Crippen molar-refractivity contribution >= 4 is 32.8 Å². The van der Waals surface area contributed by atoms with Gasteiger partial charge in [0.2, 0.25) is 0 Å². The topological polar surface area (TPSA) is 35.5 Å². The van der Waals surface area contributed by atoms with E-state index in [0.29, 0.717) is 21.5 Å². The minimum absolute atomic E-state index is 0.0164. The summed E-state index contributed by atoms with van der Waals surface area (Å²) >= 11 is 8.73. The number of rotatable bonds is 4. The minimum Gasteiger partial charge on any atom is -0.493 e. The van der Waals surface area contributed by atoms with Crippen LogP contribution >= 0.6 is 27.5 Å². The van der Waals surface area contributed by atoms with Gasteiger partial charge in [0.15, 0.2) is 11.5 Å². The smallest absolute Gasteiger partial charge is 0.252 e. The summed E-state index contributed by atoms with van der Waals surface area (Å²) in [4.78, 5) is 11.0. The molecule has 0 atom stereocenters. The third-order valence-corrected chi connectivity index (χ3v) is 2.62. The van der Waals surface area contributed by atoms with Crippen molar-refractivity contribution in [2.45, 2.75) is 20.0 Å². The Balaban J connectivity index is 3.23. The molecule has 0 saturated heterocycles. The predicted octanol–water partition coefficient (Wildman–Crippen LogP) is 3.62. The highest BCUT2D eigenvalue weighted by Gasteiger charge is 2.15. The van der Waals surface area contributed by atoms with Gasteiger partial charge in [0.05, 0.1) is 17.7 Å². The van der Waals surface area contributed by atoms with Crippen molar-refractivity contribution in [1.29, 1.82) is 0 Å². The van der Waals surface area contributed by atoms with E-state index in [4.69, 9.17) is 21.1 Å². The Morgan fingerprint density at radius 3 is 2.50 bits per heavy atom. The van der Waals surface area contributed by atoms with Gasteiger partial charge in [-0.05, 0) is 53.5 Å². The van der Waals surface area contributed by atoms with E-state index in [1.54, 1.807) is 12.1 Å². The average Bonchev–Trinajstić information content (AvgIpc) is 2.19. The molecule has 0 aliphatic rings. The molecule has 5 heteroatoms. The lowest BCUT2D eigenvalue weighted by atomic mass is 10.2. The first kappa shape index (κ1) is 13.3. The van der Waals surface area contributed by atoms with Crippen LogP contribution in [-0.2, 0) is 0 Å². The first-order valence-electron chi connectivity index (χ1n) is 4.69. The predicted molar refractivity (Wildman–Crippen MR) is 66.6 cm³/mol. The zero-order valence-corrected chi connectivity index (χ0v) is 11.6. The van der Waals surface area contributed by atoms with Gasteiger partial charge in [-0.15, -0.1) is 0 Å². The van der Waals surface area contributed by atoms with Crippen LogP contribution in [0.25, 0.3) is 0 Å². The molecule has 0 aromatic heterocycles. The highest BCUT2D eigenvalue weighted by Crippen LogP contribution is 2.37. The van der Waals surface area contributed by atoms with Gasteiger partial charge < -0.3 is 9.47 Å². The molecule has 0 fully saturated rings. The molecule has 0 heterocycles. The van der Waals surface area contributed by atoms with Crippen LogP contribution in [0.5, 0.6) is 11.5 Å². The quantitative estimate of drug-likeness (QED) is 0.797. The number of benzene rings is 1. The Labute approximate surface area is 108 Å². The molecule has 3 nitrogen and oxygen atoms in total. The summed E-state index contributed by atoms with van der Waals surface area (Å²) in [7, 11) is 1.51. The second-order valence-corrected chi connectivity index (χ2v) is 4.63. The summed E-state index contributed by atoms with van der Waals surface area (Å²) in [6.07, 6.45) is 0.0164. The average molecular weight is 308 g/mol. The minimum atomic E-state index is -0.532. The Kier molecular flexibility index (Phi) is 4.62. The van der Waals surface area contributed by atoms with Crippen molar-refractivity contribution in [3.63, 3.8) is 0 Å². The molecule has 1 aromatic rings. The second kappa shape index (κ2) is 5.55.